The molecule has 6 nitrogen and oxygen atoms in total. The van der Waals surface area contributed by atoms with E-state index in [1.807, 2.05) is 72.8 Å². The summed E-state index contributed by atoms with van der Waals surface area (Å²) in [5, 5.41) is 13.5. The van der Waals surface area contributed by atoms with Crippen LogP contribution in [0.1, 0.15) is 17.4 Å². The van der Waals surface area contributed by atoms with E-state index in [4.69, 9.17) is 26.1 Å². The van der Waals surface area contributed by atoms with Gasteiger partial charge in [0.05, 0.1) is 12.7 Å². The van der Waals surface area contributed by atoms with E-state index in [1.165, 1.54) is 11.8 Å². The number of hydrogen-bond acceptors (Lipinski definition) is 7. The molecule has 0 bridgehead atoms. The van der Waals surface area contributed by atoms with Gasteiger partial charge in [0.1, 0.15) is 5.75 Å². The molecular weight excluding hydrogens is 444 g/mol. The van der Waals surface area contributed by atoms with Gasteiger partial charge < -0.3 is 14.8 Å². The van der Waals surface area contributed by atoms with Crippen molar-refractivity contribution in [3.8, 4) is 22.9 Å². The summed E-state index contributed by atoms with van der Waals surface area (Å²) >= 11 is 7.47. The van der Waals surface area contributed by atoms with E-state index in [2.05, 4.69) is 15.5 Å². The quantitative estimate of drug-likeness (QED) is 0.365. The van der Waals surface area contributed by atoms with Gasteiger partial charge in [-0.15, -0.1) is 10.2 Å². The lowest BCUT2D eigenvalue weighted by Gasteiger charge is -2.21. The van der Waals surface area contributed by atoms with Crippen LogP contribution in [0, 0.1) is 0 Å². The fourth-order valence-electron chi connectivity index (χ4n) is 3.46. The highest BCUT2D eigenvalue weighted by atomic mass is 35.5. The van der Waals surface area contributed by atoms with Crippen LogP contribution in [-0.2, 0) is 5.75 Å². The van der Waals surface area contributed by atoms with E-state index in [0.717, 1.165) is 28.1 Å². The Balaban J connectivity index is 1.50. The average Bonchev–Trinajstić information content (AvgIpc) is 3.00. The van der Waals surface area contributed by atoms with Crippen molar-refractivity contribution in [1.29, 1.82) is 0 Å². The second-order valence-electron chi connectivity index (χ2n) is 7.09. The molecule has 3 aromatic carbocycles. The van der Waals surface area contributed by atoms with Crippen molar-refractivity contribution >= 4 is 29.1 Å². The van der Waals surface area contributed by atoms with Gasteiger partial charge in [-0.05, 0) is 35.9 Å². The van der Waals surface area contributed by atoms with Crippen LogP contribution in [0.3, 0.4) is 0 Å². The van der Waals surface area contributed by atoms with Crippen LogP contribution >= 0.6 is 23.4 Å². The lowest BCUT2D eigenvalue weighted by atomic mass is 10.1. The molecule has 0 fully saturated rings. The third-order valence-electron chi connectivity index (χ3n) is 5.04. The van der Waals surface area contributed by atoms with Gasteiger partial charge in [-0.25, -0.2) is 0 Å². The zero-order valence-electron chi connectivity index (χ0n) is 17.2. The Bertz CT molecular complexity index is 1250. The highest BCUT2D eigenvalue weighted by Gasteiger charge is 2.27. The summed E-state index contributed by atoms with van der Waals surface area (Å²) in [5.74, 6) is 1.85. The summed E-state index contributed by atoms with van der Waals surface area (Å²) in [4.78, 5) is 4.70. The Morgan fingerprint density at radius 1 is 1.00 bits per heavy atom. The molecule has 8 heteroatoms. The molecule has 0 aliphatic carbocycles. The lowest BCUT2D eigenvalue weighted by molar-refractivity contribution is 0.220. The van der Waals surface area contributed by atoms with E-state index in [1.54, 1.807) is 7.11 Å². The first-order valence-corrected chi connectivity index (χ1v) is 11.3. The van der Waals surface area contributed by atoms with Crippen molar-refractivity contribution in [2.45, 2.75) is 17.1 Å². The number of halogens is 1. The molecule has 1 unspecified atom stereocenters. The van der Waals surface area contributed by atoms with Crippen molar-refractivity contribution in [1.82, 2.24) is 15.2 Å². The van der Waals surface area contributed by atoms with Crippen LogP contribution in [0.2, 0.25) is 5.02 Å². The number of ether oxygens (including phenoxy) is 2. The molecule has 2 heterocycles. The minimum atomic E-state index is -0.501. The molecule has 160 valence electrons. The van der Waals surface area contributed by atoms with E-state index in [-0.39, 0.29) is 0 Å². The number of fused-ring (bicyclic) bond motifs is 3. The van der Waals surface area contributed by atoms with Gasteiger partial charge in [-0.2, -0.15) is 4.98 Å². The summed E-state index contributed by atoms with van der Waals surface area (Å²) in [6.45, 7) is 0. The van der Waals surface area contributed by atoms with E-state index >= 15 is 0 Å². The maximum atomic E-state index is 6.34. The van der Waals surface area contributed by atoms with E-state index in [0.29, 0.717) is 27.5 Å². The predicted octanol–water partition coefficient (Wildman–Crippen LogP) is 6.00. The summed E-state index contributed by atoms with van der Waals surface area (Å²) in [7, 11) is 1.65. The summed E-state index contributed by atoms with van der Waals surface area (Å²) in [6, 6.07) is 23.4. The number of thioether (sulfide) groups is 1. The smallest absolute Gasteiger partial charge is 0.247 e. The molecule has 0 amide bonds. The average molecular weight is 463 g/mol. The van der Waals surface area contributed by atoms with Crippen LogP contribution < -0.4 is 14.8 Å². The zero-order valence-corrected chi connectivity index (χ0v) is 18.7. The van der Waals surface area contributed by atoms with Gasteiger partial charge in [0.15, 0.2) is 5.69 Å². The topological polar surface area (TPSA) is 69.2 Å². The monoisotopic (exact) mass is 462 g/mol. The van der Waals surface area contributed by atoms with Gasteiger partial charge in [0, 0.05) is 22.0 Å². The fraction of sp³-hybridized carbons (Fsp3) is 0.125. The molecule has 4 aromatic rings. The van der Waals surface area contributed by atoms with Crippen molar-refractivity contribution < 1.29 is 9.47 Å². The van der Waals surface area contributed by atoms with Crippen LogP contribution in [0.25, 0.3) is 11.3 Å². The molecule has 1 aliphatic heterocycles. The summed E-state index contributed by atoms with van der Waals surface area (Å²) in [5.41, 5.74) is 4.36. The van der Waals surface area contributed by atoms with Gasteiger partial charge in [-0.1, -0.05) is 65.8 Å². The van der Waals surface area contributed by atoms with Gasteiger partial charge in [0.25, 0.3) is 0 Å². The Labute approximate surface area is 195 Å². The number of para-hydroxylation sites is 2. The second-order valence-corrected chi connectivity index (χ2v) is 8.47. The Morgan fingerprint density at radius 2 is 1.78 bits per heavy atom. The molecule has 1 N–H and O–H groups in total. The normalized spacial score (nSPS) is 14.4. The number of nitrogens with zero attached hydrogens (tertiary/aromatic N) is 3. The van der Waals surface area contributed by atoms with E-state index < -0.39 is 6.23 Å². The molecule has 0 saturated heterocycles. The number of methoxy groups -OCH3 is 1. The molecule has 0 spiro atoms. The zero-order chi connectivity index (χ0) is 21.9. The fourth-order valence-corrected chi connectivity index (χ4v) is 4.32. The largest absolute Gasteiger partial charge is 0.496 e. The first kappa shape index (κ1) is 20.6. The molecule has 1 atom stereocenters. The van der Waals surface area contributed by atoms with Crippen LogP contribution in [0.5, 0.6) is 11.6 Å². The summed E-state index contributed by atoms with van der Waals surface area (Å²) in [6.07, 6.45) is -0.501. The Kier molecular flexibility index (Phi) is 5.83. The lowest BCUT2D eigenvalue weighted by Crippen LogP contribution is -2.18. The highest BCUT2D eigenvalue weighted by molar-refractivity contribution is 7.98. The number of rotatable bonds is 5. The standard InChI is InChI=1S/C24H19ClN4O2S/c1-30-20-9-5-3-7-18(20)22-26-19-8-4-2-6-17(19)21-23(31-22)27-24(29-28-21)32-14-15-10-12-16(25)13-11-15/h2-13,22,26H,14H2,1H3. The van der Waals surface area contributed by atoms with Gasteiger partial charge >= 0.3 is 0 Å². The second kappa shape index (κ2) is 9.06. The molecule has 1 aromatic heterocycles. The van der Waals surface area contributed by atoms with Crippen molar-refractivity contribution in [2.75, 3.05) is 12.4 Å². The minimum absolute atomic E-state index is 0.423. The van der Waals surface area contributed by atoms with Gasteiger partial charge in [-0.3, -0.25) is 0 Å². The Morgan fingerprint density at radius 3 is 2.62 bits per heavy atom. The summed E-state index contributed by atoms with van der Waals surface area (Å²) < 4.78 is 11.9. The molecule has 32 heavy (non-hydrogen) atoms. The third-order valence-corrected chi connectivity index (χ3v) is 6.20. The third kappa shape index (κ3) is 4.22. The Hall–Kier alpha value is -3.29. The number of aromatic nitrogens is 3. The number of anilines is 1. The van der Waals surface area contributed by atoms with Crippen LogP contribution in [-0.4, -0.2) is 22.3 Å². The maximum absolute atomic E-state index is 6.34. The first-order valence-electron chi connectivity index (χ1n) is 9.99. The maximum Gasteiger partial charge on any atom is 0.247 e. The molecule has 0 radical (unpaired) electrons. The molecular formula is C24H19ClN4O2S. The van der Waals surface area contributed by atoms with Crippen molar-refractivity contribution in [2.24, 2.45) is 0 Å². The predicted molar refractivity (Wildman–Crippen MR) is 126 cm³/mol. The number of hydrogen-bond donors (Lipinski definition) is 1. The van der Waals surface area contributed by atoms with Crippen LogP contribution in [0.4, 0.5) is 5.69 Å². The molecule has 5 rings (SSSR count). The molecule has 1 aliphatic rings. The van der Waals surface area contributed by atoms with Crippen molar-refractivity contribution in [3.63, 3.8) is 0 Å². The van der Waals surface area contributed by atoms with Crippen molar-refractivity contribution in [3.05, 3.63) is 88.9 Å². The first-order chi connectivity index (χ1) is 15.7. The van der Waals surface area contributed by atoms with Crippen LogP contribution in [0.15, 0.2) is 78.0 Å². The van der Waals surface area contributed by atoms with E-state index in [9.17, 15) is 0 Å². The molecule has 0 saturated carbocycles. The highest BCUT2D eigenvalue weighted by Crippen LogP contribution is 2.41. The number of benzene rings is 3. The SMILES string of the molecule is COc1ccccc1C1Nc2ccccc2-c2nnc(SCc3ccc(Cl)cc3)nc2O1. The minimum Gasteiger partial charge on any atom is -0.496 e. The van der Waals surface area contributed by atoms with Gasteiger partial charge in [0.2, 0.25) is 17.3 Å². The number of nitrogens with one attached hydrogen (secondary N) is 1.